The monoisotopic (exact) mass is 301 g/mol. The van der Waals surface area contributed by atoms with Crippen LogP contribution in [0.25, 0.3) is 0 Å². The average molecular weight is 302 g/mol. The average Bonchev–Trinajstić information content (AvgIpc) is 2.37. The standard InChI is InChI=1S/C14H20ClNO2S/c1-10(9-14(2,16-3)13(17)18-4)19-12-7-5-6-11(15)8-12/h5-8,10,16H,9H2,1-4H3. The van der Waals surface area contributed by atoms with Gasteiger partial charge in [0.1, 0.15) is 5.54 Å². The summed E-state index contributed by atoms with van der Waals surface area (Å²) >= 11 is 7.66. The second-order valence-corrected chi connectivity index (χ2v) is 6.61. The van der Waals surface area contributed by atoms with Crippen LogP contribution in [0.1, 0.15) is 20.3 Å². The third-order valence-corrected chi connectivity index (χ3v) is 4.35. The van der Waals surface area contributed by atoms with E-state index in [1.807, 2.05) is 31.2 Å². The quantitative estimate of drug-likeness (QED) is 0.646. The number of benzene rings is 1. The number of nitrogens with one attached hydrogen (secondary N) is 1. The highest BCUT2D eigenvalue weighted by Gasteiger charge is 2.34. The van der Waals surface area contributed by atoms with Crippen LogP contribution in [0.4, 0.5) is 0 Å². The summed E-state index contributed by atoms with van der Waals surface area (Å²) in [5.74, 6) is -0.242. The summed E-state index contributed by atoms with van der Waals surface area (Å²) in [4.78, 5) is 12.9. The number of carbonyl (C=O) groups excluding carboxylic acids is 1. The Morgan fingerprint density at radius 3 is 2.79 bits per heavy atom. The van der Waals surface area contributed by atoms with Crippen LogP contribution in [-0.2, 0) is 9.53 Å². The van der Waals surface area contributed by atoms with Crippen LogP contribution in [0.2, 0.25) is 5.02 Å². The summed E-state index contributed by atoms with van der Waals surface area (Å²) < 4.78 is 4.84. The Labute approximate surface area is 124 Å². The van der Waals surface area contributed by atoms with Crippen LogP contribution in [-0.4, -0.2) is 30.9 Å². The molecule has 1 N–H and O–H groups in total. The fourth-order valence-corrected chi connectivity index (χ4v) is 3.39. The molecule has 0 amide bonds. The van der Waals surface area contributed by atoms with E-state index >= 15 is 0 Å². The van der Waals surface area contributed by atoms with Crippen molar-refractivity contribution in [1.82, 2.24) is 5.32 Å². The van der Waals surface area contributed by atoms with Gasteiger partial charge >= 0.3 is 5.97 Å². The molecule has 0 radical (unpaired) electrons. The highest BCUT2D eigenvalue weighted by atomic mass is 35.5. The Hall–Kier alpha value is -0.710. The zero-order chi connectivity index (χ0) is 14.5. The van der Waals surface area contributed by atoms with Gasteiger partial charge in [-0.05, 0) is 38.6 Å². The van der Waals surface area contributed by atoms with E-state index in [4.69, 9.17) is 16.3 Å². The van der Waals surface area contributed by atoms with Crippen molar-refractivity contribution in [3.8, 4) is 0 Å². The topological polar surface area (TPSA) is 38.3 Å². The molecule has 2 atom stereocenters. The minimum Gasteiger partial charge on any atom is -0.468 e. The van der Waals surface area contributed by atoms with Crippen LogP contribution in [0, 0.1) is 0 Å². The number of likely N-dealkylation sites (N-methyl/N-ethyl adjacent to an activating group) is 1. The minimum absolute atomic E-state index is 0.242. The van der Waals surface area contributed by atoms with Gasteiger partial charge in [-0.25, -0.2) is 0 Å². The first-order valence-corrected chi connectivity index (χ1v) is 7.36. The Morgan fingerprint density at radius 2 is 2.26 bits per heavy atom. The number of thioether (sulfide) groups is 1. The molecule has 3 nitrogen and oxygen atoms in total. The maximum atomic E-state index is 11.8. The smallest absolute Gasteiger partial charge is 0.325 e. The van der Waals surface area contributed by atoms with E-state index in [2.05, 4.69) is 12.2 Å². The third kappa shape index (κ3) is 4.71. The normalized spacial score (nSPS) is 15.6. The summed E-state index contributed by atoms with van der Waals surface area (Å²) in [6, 6.07) is 7.72. The molecular weight excluding hydrogens is 282 g/mol. The molecule has 2 unspecified atom stereocenters. The lowest BCUT2D eigenvalue weighted by Crippen LogP contribution is -2.49. The molecule has 19 heavy (non-hydrogen) atoms. The summed E-state index contributed by atoms with van der Waals surface area (Å²) in [6.07, 6.45) is 0.674. The second kappa shape index (κ2) is 7.17. The number of ether oxygens (including phenoxy) is 1. The molecule has 0 saturated heterocycles. The van der Waals surface area contributed by atoms with Gasteiger partial charge in [-0.15, -0.1) is 11.8 Å². The third-order valence-electron chi connectivity index (χ3n) is 3.02. The molecule has 0 spiro atoms. The molecule has 1 rings (SSSR count). The van der Waals surface area contributed by atoms with Gasteiger partial charge in [-0.2, -0.15) is 0 Å². The Morgan fingerprint density at radius 1 is 1.58 bits per heavy atom. The maximum absolute atomic E-state index is 11.8. The lowest BCUT2D eigenvalue weighted by atomic mass is 9.96. The molecule has 5 heteroatoms. The predicted molar refractivity (Wildman–Crippen MR) is 80.9 cm³/mol. The Balaban J connectivity index is 2.68. The van der Waals surface area contributed by atoms with Gasteiger partial charge in [0.25, 0.3) is 0 Å². The number of rotatable bonds is 6. The molecular formula is C14H20ClNO2S. The van der Waals surface area contributed by atoms with Gasteiger partial charge in [-0.1, -0.05) is 24.6 Å². The van der Waals surface area contributed by atoms with E-state index in [-0.39, 0.29) is 11.2 Å². The molecule has 106 valence electrons. The molecule has 1 aromatic rings. The van der Waals surface area contributed by atoms with Gasteiger partial charge < -0.3 is 10.1 Å². The van der Waals surface area contributed by atoms with E-state index < -0.39 is 5.54 Å². The van der Waals surface area contributed by atoms with Crippen LogP contribution in [0.15, 0.2) is 29.2 Å². The SMILES string of the molecule is CNC(C)(CC(C)Sc1cccc(Cl)c1)C(=O)OC. The Kier molecular flexibility index (Phi) is 6.17. The van der Waals surface area contributed by atoms with Crippen molar-refractivity contribution in [2.24, 2.45) is 0 Å². The predicted octanol–water partition coefficient (Wildman–Crippen LogP) is 3.36. The van der Waals surface area contributed by atoms with E-state index in [9.17, 15) is 4.79 Å². The zero-order valence-electron chi connectivity index (χ0n) is 11.7. The van der Waals surface area contributed by atoms with Crippen LogP contribution in [0.3, 0.4) is 0 Å². The van der Waals surface area contributed by atoms with Crippen molar-refractivity contribution in [2.45, 2.75) is 36.0 Å². The highest BCUT2D eigenvalue weighted by Crippen LogP contribution is 2.30. The van der Waals surface area contributed by atoms with Crippen molar-refractivity contribution < 1.29 is 9.53 Å². The van der Waals surface area contributed by atoms with Gasteiger partial charge in [0, 0.05) is 15.2 Å². The zero-order valence-corrected chi connectivity index (χ0v) is 13.3. The van der Waals surface area contributed by atoms with Gasteiger partial charge in [0.2, 0.25) is 0 Å². The molecule has 0 aromatic heterocycles. The summed E-state index contributed by atoms with van der Waals surface area (Å²) in [7, 11) is 3.18. The molecule has 0 heterocycles. The first kappa shape index (κ1) is 16.3. The lowest BCUT2D eigenvalue weighted by molar-refractivity contribution is -0.147. The van der Waals surface area contributed by atoms with Crippen molar-refractivity contribution in [2.75, 3.05) is 14.2 Å². The van der Waals surface area contributed by atoms with E-state index in [1.165, 1.54) is 7.11 Å². The largest absolute Gasteiger partial charge is 0.468 e. The van der Waals surface area contributed by atoms with Crippen molar-refractivity contribution in [1.29, 1.82) is 0 Å². The minimum atomic E-state index is -0.667. The maximum Gasteiger partial charge on any atom is 0.325 e. The number of halogens is 1. The van der Waals surface area contributed by atoms with E-state index in [1.54, 1.807) is 18.8 Å². The van der Waals surface area contributed by atoms with Crippen LogP contribution >= 0.6 is 23.4 Å². The first-order chi connectivity index (χ1) is 8.91. The summed E-state index contributed by atoms with van der Waals surface area (Å²) in [5.41, 5.74) is -0.667. The van der Waals surface area contributed by atoms with Gasteiger partial charge in [0.05, 0.1) is 7.11 Å². The number of carbonyl (C=O) groups is 1. The molecule has 0 saturated carbocycles. The molecule has 0 aliphatic heterocycles. The van der Waals surface area contributed by atoms with Crippen molar-refractivity contribution in [3.05, 3.63) is 29.3 Å². The van der Waals surface area contributed by atoms with Crippen LogP contribution < -0.4 is 5.32 Å². The molecule has 1 aromatic carbocycles. The van der Waals surface area contributed by atoms with Gasteiger partial charge in [0.15, 0.2) is 0 Å². The fraction of sp³-hybridized carbons (Fsp3) is 0.500. The summed E-state index contributed by atoms with van der Waals surface area (Å²) in [6.45, 7) is 3.94. The summed E-state index contributed by atoms with van der Waals surface area (Å²) in [5, 5.41) is 4.03. The fourth-order valence-electron chi connectivity index (χ4n) is 1.90. The van der Waals surface area contributed by atoms with E-state index in [0.717, 1.165) is 9.92 Å². The first-order valence-electron chi connectivity index (χ1n) is 6.11. The van der Waals surface area contributed by atoms with Crippen LogP contribution in [0.5, 0.6) is 0 Å². The van der Waals surface area contributed by atoms with Crippen molar-refractivity contribution >= 4 is 29.3 Å². The number of hydrogen-bond acceptors (Lipinski definition) is 4. The molecule has 0 aliphatic rings. The van der Waals surface area contributed by atoms with Crippen molar-refractivity contribution in [3.63, 3.8) is 0 Å². The molecule has 0 bridgehead atoms. The highest BCUT2D eigenvalue weighted by molar-refractivity contribution is 8.00. The van der Waals surface area contributed by atoms with Gasteiger partial charge in [-0.3, -0.25) is 4.79 Å². The number of methoxy groups -OCH3 is 1. The van der Waals surface area contributed by atoms with E-state index in [0.29, 0.717) is 6.42 Å². The molecule has 0 fully saturated rings. The second-order valence-electron chi connectivity index (χ2n) is 4.66. The molecule has 0 aliphatic carbocycles. The number of esters is 1. The number of hydrogen-bond donors (Lipinski definition) is 1. The Bertz CT molecular complexity index is 441. The lowest BCUT2D eigenvalue weighted by Gasteiger charge is -2.28.